The molecule has 0 unspecified atom stereocenters. The molecule has 0 radical (unpaired) electrons. The van der Waals surface area contributed by atoms with Gasteiger partial charge in [-0.15, -0.1) is 24.0 Å². The minimum Gasteiger partial charge on any atom is -0.354 e. The molecular weight excluding hydrogens is 367 g/mol. The fourth-order valence-electron chi connectivity index (χ4n) is 2.25. The van der Waals surface area contributed by atoms with Crippen LogP contribution in [-0.2, 0) is 4.79 Å². The van der Waals surface area contributed by atoms with Gasteiger partial charge in [0.25, 0.3) is 0 Å². The van der Waals surface area contributed by atoms with Gasteiger partial charge in [-0.25, -0.2) is 0 Å². The first-order valence-corrected chi connectivity index (χ1v) is 7.01. The Hall–Kier alpha value is -0.530. The van der Waals surface area contributed by atoms with E-state index in [0.717, 1.165) is 18.8 Å². The fraction of sp³-hybridized carbons (Fsp3) is 0.857. The molecule has 1 rings (SSSR count). The summed E-state index contributed by atoms with van der Waals surface area (Å²) in [6.45, 7) is 4.93. The molecule has 1 saturated carbocycles. The number of nitrogens with one attached hydrogen (secondary N) is 2. The number of aliphatic imine (C=N–C) groups is 1. The van der Waals surface area contributed by atoms with Gasteiger partial charge in [-0.2, -0.15) is 0 Å². The summed E-state index contributed by atoms with van der Waals surface area (Å²) in [5, 5.41) is 6.47. The Balaban J connectivity index is 0.00000361. The van der Waals surface area contributed by atoms with Crippen LogP contribution in [0.4, 0.5) is 0 Å². The first-order chi connectivity index (χ1) is 8.84. The highest BCUT2D eigenvalue weighted by atomic mass is 127. The molecule has 0 aromatic carbocycles. The molecule has 1 aliphatic carbocycles. The highest BCUT2D eigenvalue weighted by Crippen LogP contribution is 2.34. The van der Waals surface area contributed by atoms with E-state index in [1.165, 1.54) is 12.8 Å². The number of rotatable bonds is 3. The van der Waals surface area contributed by atoms with Crippen molar-refractivity contribution in [3.63, 3.8) is 0 Å². The molecule has 0 aromatic rings. The van der Waals surface area contributed by atoms with Crippen molar-refractivity contribution >= 4 is 35.8 Å². The monoisotopic (exact) mass is 396 g/mol. The van der Waals surface area contributed by atoms with E-state index in [2.05, 4.69) is 29.5 Å². The van der Waals surface area contributed by atoms with Crippen LogP contribution in [0.5, 0.6) is 0 Å². The van der Waals surface area contributed by atoms with Gasteiger partial charge >= 0.3 is 0 Å². The summed E-state index contributed by atoms with van der Waals surface area (Å²) >= 11 is 0. The Morgan fingerprint density at radius 3 is 2.30 bits per heavy atom. The lowest BCUT2D eigenvalue weighted by atomic mass is 9.75. The summed E-state index contributed by atoms with van der Waals surface area (Å²) in [6, 6.07) is 0.466. The Morgan fingerprint density at radius 1 is 1.30 bits per heavy atom. The van der Waals surface area contributed by atoms with Crippen molar-refractivity contribution in [3.05, 3.63) is 0 Å². The van der Waals surface area contributed by atoms with Crippen molar-refractivity contribution in [2.45, 2.75) is 45.6 Å². The molecule has 118 valence electrons. The predicted octanol–water partition coefficient (Wildman–Crippen LogP) is 1.83. The SMILES string of the molecule is CN=C(NCC(=O)N(C)C)NC1CCC(C)(C)CC1.I. The number of carbonyl (C=O) groups is 1. The molecule has 1 amide bonds. The summed E-state index contributed by atoms with van der Waals surface area (Å²) in [5.41, 5.74) is 0.468. The molecule has 0 bridgehead atoms. The van der Waals surface area contributed by atoms with Crippen molar-refractivity contribution in [1.82, 2.24) is 15.5 Å². The van der Waals surface area contributed by atoms with Gasteiger partial charge in [0.2, 0.25) is 5.91 Å². The highest BCUT2D eigenvalue weighted by Gasteiger charge is 2.27. The molecule has 1 aliphatic rings. The average molecular weight is 396 g/mol. The van der Waals surface area contributed by atoms with Crippen LogP contribution < -0.4 is 10.6 Å². The largest absolute Gasteiger partial charge is 0.354 e. The second kappa shape index (κ2) is 8.69. The Bertz CT molecular complexity index is 332. The maximum atomic E-state index is 11.5. The van der Waals surface area contributed by atoms with Crippen LogP contribution in [0.3, 0.4) is 0 Å². The molecular formula is C14H29IN4O. The number of guanidine groups is 1. The standard InChI is InChI=1S/C14H28N4O.HI/c1-14(2)8-6-11(7-9-14)17-13(15-3)16-10-12(19)18(4)5;/h11H,6-10H2,1-5H3,(H2,15,16,17);1H. The first kappa shape index (κ1) is 19.5. The van der Waals surface area contributed by atoms with E-state index < -0.39 is 0 Å². The van der Waals surface area contributed by atoms with Gasteiger partial charge in [-0.05, 0) is 31.1 Å². The maximum absolute atomic E-state index is 11.5. The normalized spacial score (nSPS) is 18.9. The molecule has 0 aliphatic heterocycles. The van der Waals surface area contributed by atoms with E-state index >= 15 is 0 Å². The zero-order valence-electron chi connectivity index (χ0n) is 13.3. The van der Waals surface area contributed by atoms with Crippen LogP contribution in [0.2, 0.25) is 0 Å². The summed E-state index contributed by atoms with van der Waals surface area (Å²) in [7, 11) is 5.25. The molecule has 0 heterocycles. The van der Waals surface area contributed by atoms with E-state index in [4.69, 9.17) is 0 Å². The average Bonchev–Trinajstić information content (AvgIpc) is 2.35. The van der Waals surface area contributed by atoms with E-state index in [9.17, 15) is 4.79 Å². The smallest absolute Gasteiger partial charge is 0.241 e. The number of hydrogen-bond acceptors (Lipinski definition) is 2. The van der Waals surface area contributed by atoms with Crippen molar-refractivity contribution in [3.8, 4) is 0 Å². The lowest BCUT2D eigenvalue weighted by Crippen LogP contribution is -2.48. The minimum absolute atomic E-state index is 0. The number of carbonyl (C=O) groups excluding carboxylic acids is 1. The van der Waals surface area contributed by atoms with Crippen LogP contribution in [0.1, 0.15) is 39.5 Å². The molecule has 0 aromatic heterocycles. The lowest BCUT2D eigenvalue weighted by Gasteiger charge is -2.35. The topological polar surface area (TPSA) is 56.7 Å². The van der Waals surface area contributed by atoms with Crippen LogP contribution in [0, 0.1) is 5.41 Å². The van der Waals surface area contributed by atoms with Gasteiger partial charge in [0.1, 0.15) is 0 Å². The van der Waals surface area contributed by atoms with E-state index in [1.807, 2.05) is 0 Å². The third-order valence-corrected chi connectivity index (χ3v) is 3.81. The number of nitrogens with zero attached hydrogens (tertiary/aromatic N) is 2. The Labute approximate surface area is 140 Å². The van der Waals surface area contributed by atoms with Crippen LogP contribution >= 0.6 is 24.0 Å². The third kappa shape index (κ3) is 6.76. The molecule has 2 N–H and O–H groups in total. The second-order valence-corrected chi connectivity index (χ2v) is 6.30. The molecule has 1 fully saturated rings. The summed E-state index contributed by atoms with van der Waals surface area (Å²) in [5.74, 6) is 0.771. The van der Waals surface area contributed by atoms with E-state index in [1.54, 1.807) is 26.0 Å². The molecule has 5 nitrogen and oxygen atoms in total. The minimum atomic E-state index is 0. The van der Waals surface area contributed by atoms with E-state index in [0.29, 0.717) is 11.5 Å². The van der Waals surface area contributed by atoms with Gasteiger partial charge < -0.3 is 15.5 Å². The zero-order valence-corrected chi connectivity index (χ0v) is 15.7. The second-order valence-electron chi connectivity index (χ2n) is 6.30. The quantitative estimate of drug-likeness (QED) is 0.435. The zero-order chi connectivity index (χ0) is 14.5. The van der Waals surface area contributed by atoms with Crippen molar-refractivity contribution in [1.29, 1.82) is 0 Å². The van der Waals surface area contributed by atoms with Gasteiger partial charge in [0, 0.05) is 27.2 Å². The molecule has 20 heavy (non-hydrogen) atoms. The van der Waals surface area contributed by atoms with Crippen LogP contribution in [-0.4, -0.2) is 50.5 Å². The van der Waals surface area contributed by atoms with Crippen molar-refractivity contribution in [2.75, 3.05) is 27.7 Å². The van der Waals surface area contributed by atoms with Gasteiger partial charge in [-0.1, -0.05) is 13.8 Å². The fourth-order valence-corrected chi connectivity index (χ4v) is 2.25. The number of hydrogen-bond donors (Lipinski definition) is 2. The Kier molecular flexibility index (Phi) is 8.46. The van der Waals surface area contributed by atoms with Crippen molar-refractivity contribution in [2.24, 2.45) is 10.4 Å². The number of likely N-dealkylation sites (N-methyl/N-ethyl adjacent to an activating group) is 1. The number of amides is 1. The summed E-state index contributed by atoms with van der Waals surface area (Å²) in [6.07, 6.45) is 4.79. The van der Waals surface area contributed by atoms with Crippen LogP contribution in [0.15, 0.2) is 4.99 Å². The summed E-state index contributed by atoms with van der Waals surface area (Å²) < 4.78 is 0. The lowest BCUT2D eigenvalue weighted by molar-refractivity contribution is -0.127. The van der Waals surface area contributed by atoms with Crippen LogP contribution in [0.25, 0.3) is 0 Å². The first-order valence-electron chi connectivity index (χ1n) is 7.01. The van der Waals surface area contributed by atoms with Gasteiger partial charge in [0.05, 0.1) is 6.54 Å². The number of halogens is 1. The predicted molar refractivity (Wildman–Crippen MR) is 94.6 cm³/mol. The van der Waals surface area contributed by atoms with Gasteiger partial charge in [-0.3, -0.25) is 9.79 Å². The Morgan fingerprint density at radius 2 is 1.85 bits per heavy atom. The van der Waals surface area contributed by atoms with E-state index in [-0.39, 0.29) is 36.4 Å². The highest BCUT2D eigenvalue weighted by molar-refractivity contribution is 14.0. The molecule has 0 saturated heterocycles. The van der Waals surface area contributed by atoms with Gasteiger partial charge in [0.15, 0.2) is 5.96 Å². The molecule has 0 atom stereocenters. The van der Waals surface area contributed by atoms with Crippen molar-refractivity contribution < 1.29 is 4.79 Å². The molecule has 0 spiro atoms. The summed E-state index contributed by atoms with van der Waals surface area (Å²) in [4.78, 5) is 17.3. The molecule has 6 heteroatoms. The maximum Gasteiger partial charge on any atom is 0.241 e. The third-order valence-electron chi connectivity index (χ3n) is 3.81.